The van der Waals surface area contributed by atoms with E-state index in [0.717, 1.165) is 24.5 Å². The molecule has 0 aliphatic rings. The van der Waals surface area contributed by atoms with Gasteiger partial charge in [0.05, 0.1) is 4.92 Å². The lowest BCUT2D eigenvalue weighted by atomic mass is 10.3. The number of nitrogens with zero attached hydrogens (tertiary/aromatic N) is 3. The molecule has 0 amide bonds. The van der Waals surface area contributed by atoms with Gasteiger partial charge in [0.25, 0.3) is 0 Å². The van der Waals surface area contributed by atoms with Crippen molar-refractivity contribution in [2.45, 2.75) is 0 Å². The highest BCUT2D eigenvalue weighted by molar-refractivity contribution is 5.61. The van der Waals surface area contributed by atoms with Crippen molar-refractivity contribution in [3.63, 3.8) is 0 Å². The second kappa shape index (κ2) is 5.40. The SMILES string of the molecule is NNc1ncnc(Oc2ccc(F)c(F)c2)c1[N+](=O)[O-]. The highest BCUT2D eigenvalue weighted by Gasteiger charge is 2.24. The van der Waals surface area contributed by atoms with Crippen LogP contribution < -0.4 is 16.0 Å². The monoisotopic (exact) mass is 283 g/mol. The van der Waals surface area contributed by atoms with Crippen LogP contribution in [0.5, 0.6) is 11.6 Å². The van der Waals surface area contributed by atoms with Crippen LogP contribution in [-0.2, 0) is 0 Å². The topological polar surface area (TPSA) is 116 Å². The quantitative estimate of drug-likeness (QED) is 0.498. The first-order chi connectivity index (χ1) is 9.52. The van der Waals surface area contributed by atoms with E-state index in [1.807, 2.05) is 5.43 Å². The van der Waals surface area contributed by atoms with Crippen LogP contribution in [0, 0.1) is 21.7 Å². The maximum Gasteiger partial charge on any atom is 0.374 e. The lowest BCUT2D eigenvalue weighted by molar-refractivity contribution is -0.385. The number of anilines is 1. The van der Waals surface area contributed by atoms with Crippen LogP contribution in [0.1, 0.15) is 0 Å². The summed E-state index contributed by atoms with van der Waals surface area (Å²) in [5.74, 6) is 1.97. The van der Waals surface area contributed by atoms with Crippen molar-refractivity contribution in [1.29, 1.82) is 0 Å². The number of hydrogen-bond acceptors (Lipinski definition) is 7. The normalized spacial score (nSPS) is 10.2. The van der Waals surface area contributed by atoms with E-state index >= 15 is 0 Å². The molecule has 0 fully saturated rings. The number of nitrogens with one attached hydrogen (secondary N) is 1. The third-order valence-corrected chi connectivity index (χ3v) is 2.21. The van der Waals surface area contributed by atoms with Crippen molar-refractivity contribution in [3.8, 4) is 11.6 Å². The Balaban J connectivity index is 2.42. The molecule has 0 unspecified atom stereocenters. The molecule has 104 valence electrons. The van der Waals surface area contributed by atoms with Gasteiger partial charge in [0, 0.05) is 6.07 Å². The van der Waals surface area contributed by atoms with E-state index in [2.05, 4.69) is 9.97 Å². The smallest absolute Gasteiger partial charge is 0.374 e. The molecule has 10 heteroatoms. The summed E-state index contributed by atoms with van der Waals surface area (Å²) < 4.78 is 30.9. The predicted molar refractivity (Wildman–Crippen MR) is 62.9 cm³/mol. The highest BCUT2D eigenvalue weighted by atomic mass is 19.2. The Hall–Kier alpha value is -2.88. The largest absolute Gasteiger partial charge is 0.433 e. The fraction of sp³-hybridized carbons (Fsp3) is 0. The maximum absolute atomic E-state index is 13.0. The molecule has 0 saturated carbocycles. The highest BCUT2D eigenvalue weighted by Crippen LogP contribution is 2.33. The van der Waals surface area contributed by atoms with E-state index in [4.69, 9.17) is 10.6 Å². The predicted octanol–water partition coefficient (Wildman–Crippen LogP) is 1.74. The summed E-state index contributed by atoms with van der Waals surface area (Å²) in [6.45, 7) is 0. The Kier molecular flexibility index (Phi) is 3.66. The molecule has 0 spiro atoms. The van der Waals surface area contributed by atoms with E-state index in [-0.39, 0.29) is 11.6 Å². The number of benzene rings is 1. The second-order valence-corrected chi connectivity index (χ2v) is 3.46. The minimum atomic E-state index is -1.16. The summed E-state index contributed by atoms with van der Waals surface area (Å²) in [6.07, 6.45) is 0.970. The molecule has 1 aromatic heterocycles. The van der Waals surface area contributed by atoms with Gasteiger partial charge in [-0.2, -0.15) is 4.98 Å². The van der Waals surface area contributed by atoms with Gasteiger partial charge < -0.3 is 10.2 Å². The van der Waals surface area contributed by atoms with Gasteiger partial charge in [-0.3, -0.25) is 10.1 Å². The molecule has 2 rings (SSSR count). The molecular formula is C10H7F2N5O3. The van der Waals surface area contributed by atoms with E-state index in [9.17, 15) is 18.9 Å². The van der Waals surface area contributed by atoms with Crippen molar-refractivity contribution in [2.24, 2.45) is 5.84 Å². The minimum absolute atomic E-state index is 0.159. The van der Waals surface area contributed by atoms with Crippen LogP contribution in [-0.4, -0.2) is 14.9 Å². The van der Waals surface area contributed by atoms with Gasteiger partial charge in [-0.1, -0.05) is 0 Å². The zero-order valence-electron chi connectivity index (χ0n) is 9.71. The van der Waals surface area contributed by atoms with Crippen LogP contribution in [0.25, 0.3) is 0 Å². The zero-order chi connectivity index (χ0) is 14.7. The zero-order valence-corrected chi connectivity index (χ0v) is 9.71. The number of nitro groups is 1. The fourth-order valence-corrected chi connectivity index (χ4v) is 1.36. The number of nitrogens with two attached hydrogens (primary N) is 1. The number of rotatable bonds is 4. The van der Waals surface area contributed by atoms with Crippen molar-refractivity contribution in [2.75, 3.05) is 5.43 Å². The lowest BCUT2D eigenvalue weighted by Crippen LogP contribution is -2.12. The van der Waals surface area contributed by atoms with Crippen LogP contribution in [0.4, 0.5) is 20.3 Å². The molecule has 0 aliphatic carbocycles. The first kappa shape index (κ1) is 13.5. The fourth-order valence-electron chi connectivity index (χ4n) is 1.36. The van der Waals surface area contributed by atoms with Gasteiger partial charge in [0.1, 0.15) is 12.1 Å². The molecule has 1 aromatic carbocycles. The summed E-state index contributed by atoms with van der Waals surface area (Å²) in [6, 6.07) is 2.65. The van der Waals surface area contributed by atoms with Crippen LogP contribution in [0.15, 0.2) is 24.5 Å². The molecule has 0 aliphatic heterocycles. The van der Waals surface area contributed by atoms with E-state index < -0.39 is 28.1 Å². The summed E-state index contributed by atoms with van der Waals surface area (Å²) in [7, 11) is 0. The molecule has 0 atom stereocenters. The molecule has 20 heavy (non-hydrogen) atoms. The van der Waals surface area contributed by atoms with Gasteiger partial charge in [-0.05, 0) is 12.1 Å². The summed E-state index contributed by atoms with van der Waals surface area (Å²) in [4.78, 5) is 17.2. The Morgan fingerprint density at radius 3 is 2.65 bits per heavy atom. The van der Waals surface area contributed by atoms with Crippen LogP contribution >= 0.6 is 0 Å². The van der Waals surface area contributed by atoms with E-state index in [0.29, 0.717) is 0 Å². The average Bonchev–Trinajstić information content (AvgIpc) is 2.42. The van der Waals surface area contributed by atoms with Crippen molar-refractivity contribution >= 4 is 11.5 Å². The second-order valence-electron chi connectivity index (χ2n) is 3.46. The first-order valence-electron chi connectivity index (χ1n) is 5.12. The maximum atomic E-state index is 13.0. The number of aromatic nitrogens is 2. The van der Waals surface area contributed by atoms with Gasteiger partial charge in [-0.15, -0.1) is 0 Å². The number of halogens is 2. The summed E-state index contributed by atoms with van der Waals surface area (Å²) in [5, 5.41) is 10.9. The van der Waals surface area contributed by atoms with Gasteiger partial charge >= 0.3 is 11.6 Å². The molecule has 8 nitrogen and oxygen atoms in total. The average molecular weight is 283 g/mol. The molecule has 3 N–H and O–H groups in total. The molecule has 0 bridgehead atoms. The third-order valence-electron chi connectivity index (χ3n) is 2.21. The lowest BCUT2D eigenvalue weighted by Gasteiger charge is -2.07. The van der Waals surface area contributed by atoms with Crippen molar-refractivity contribution < 1.29 is 18.4 Å². The third kappa shape index (κ3) is 2.59. The molecular weight excluding hydrogens is 276 g/mol. The summed E-state index contributed by atoms with van der Waals surface area (Å²) in [5.41, 5.74) is 1.39. The number of hydrazine groups is 1. The first-order valence-corrected chi connectivity index (χ1v) is 5.12. The molecule has 0 saturated heterocycles. The Morgan fingerprint density at radius 2 is 2.05 bits per heavy atom. The summed E-state index contributed by atoms with van der Waals surface area (Å²) >= 11 is 0. The number of hydrogen-bond donors (Lipinski definition) is 2. The number of ether oxygens (including phenoxy) is 1. The van der Waals surface area contributed by atoms with Gasteiger partial charge in [0.2, 0.25) is 5.82 Å². The minimum Gasteiger partial charge on any atom is -0.433 e. The Morgan fingerprint density at radius 1 is 1.30 bits per heavy atom. The van der Waals surface area contributed by atoms with Crippen LogP contribution in [0.2, 0.25) is 0 Å². The van der Waals surface area contributed by atoms with E-state index in [1.54, 1.807) is 0 Å². The van der Waals surface area contributed by atoms with Crippen molar-refractivity contribution in [1.82, 2.24) is 9.97 Å². The molecule has 1 heterocycles. The number of nitrogen functional groups attached to an aromatic ring is 1. The van der Waals surface area contributed by atoms with Gasteiger partial charge in [-0.25, -0.2) is 19.6 Å². The van der Waals surface area contributed by atoms with Gasteiger partial charge in [0.15, 0.2) is 11.6 Å². The molecule has 2 aromatic rings. The Labute approximate surface area is 110 Å². The van der Waals surface area contributed by atoms with Crippen LogP contribution in [0.3, 0.4) is 0 Å². The standard InChI is InChI=1S/C10H7F2N5O3/c11-6-2-1-5(3-7(6)12)20-10-8(17(18)19)9(16-13)14-4-15-10/h1-4H,13H2,(H,14,15,16). The molecule has 0 radical (unpaired) electrons. The van der Waals surface area contributed by atoms with E-state index in [1.165, 1.54) is 0 Å². The Bertz CT molecular complexity index is 667. The van der Waals surface area contributed by atoms with Crippen molar-refractivity contribution in [3.05, 3.63) is 46.3 Å².